The maximum atomic E-state index is 15.6. The van der Waals surface area contributed by atoms with Crippen LogP contribution in [-0.2, 0) is 11.8 Å². The number of halogens is 1. The zero-order valence-electron chi connectivity index (χ0n) is 24.5. The third-order valence-corrected chi connectivity index (χ3v) is 8.09. The van der Waals surface area contributed by atoms with Crippen molar-refractivity contribution < 1.29 is 13.9 Å². The summed E-state index contributed by atoms with van der Waals surface area (Å²) < 4.78 is 23.3. The molecule has 2 unspecified atom stereocenters. The summed E-state index contributed by atoms with van der Waals surface area (Å²) >= 11 is 0. The zero-order chi connectivity index (χ0) is 30.2. The summed E-state index contributed by atoms with van der Waals surface area (Å²) in [5.74, 6) is 1.45. The fraction of sp³-hybridized carbons (Fsp3) is 0.290. The van der Waals surface area contributed by atoms with E-state index in [-0.39, 0.29) is 23.7 Å². The van der Waals surface area contributed by atoms with Crippen LogP contribution < -0.4 is 15.0 Å². The van der Waals surface area contributed by atoms with E-state index < -0.39 is 5.82 Å². The number of hydrogen-bond donors (Lipinski definition) is 1. The highest BCUT2D eigenvalue weighted by Crippen LogP contribution is 2.34. The van der Waals surface area contributed by atoms with E-state index in [9.17, 15) is 4.79 Å². The number of amides is 1. The van der Waals surface area contributed by atoms with Crippen molar-refractivity contribution in [3.63, 3.8) is 0 Å². The maximum absolute atomic E-state index is 15.6. The molecule has 2 aromatic carbocycles. The van der Waals surface area contributed by atoms with Gasteiger partial charge in [0.05, 0.1) is 16.7 Å². The second-order valence-electron chi connectivity index (χ2n) is 10.8. The van der Waals surface area contributed by atoms with Crippen LogP contribution in [0, 0.1) is 12.7 Å². The molecule has 11 nitrogen and oxygen atoms in total. The van der Waals surface area contributed by atoms with Gasteiger partial charge in [0.25, 0.3) is 0 Å². The molecule has 1 amide bonds. The van der Waals surface area contributed by atoms with Gasteiger partial charge < -0.3 is 19.9 Å². The van der Waals surface area contributed by atoms with Crippen molar-refractivity contribution in [2.45, 2.75) is 38.8 Å². The van der Waals surface area contributed by atoms with Crippen molar-refractivity contribution in [1.82, 2.24) is 34.8 Å². The summed E-state index contributed by atoms with van der Waals surface area (Å²) in [4.78, 5) is 29.9. The van der Waals surface area contributed by atoms with Gasteiger partial charge in [-0.1, -0.05) is 11.8 Å². The number of piperidine rings is 1. The first-order valence-electron chi connectivity index (χ1n) is 14.0. The van der Waals surface area contributed by atoms with E-state index >= 15 is 4.39 Å². The molecule has 12 heteroatoms. The maximum Gasteiger partial charge on any atom is 0.246 e. The SMILES string of the molecule is C=CC(=O)N1CC(N(C)c2ccc3ncnc(Nc4ccc(Oc5ccc6c(c5)nnn6C)c(C)c4F)c3n2)CCC1C. The number of nitrogens with one attached hydrogen (secondary N) is 1. The molecule has 43 heavy (non-hydrogen) atoms. The van der Waals surface area contributed by atoms with E-state index in [2.05, 4.69) is 44.0 Å². The number of likely N-dealkylation sites (N-methyl/N-ethyl adjacent to an activating group) is 1. The molecule has 0 spiro atoms. The van der Waals surface area contributed by atoms with Gasteiger partial charge in [0.15, 0.2) is 11.6 Å². The zero-order valence-corrected chi connectivity index (χ0v) is 24.5. The monoisotopic (exact) mass is 581 g/mol. The van der Waals surface area contributed by atoms with E-state index in [4.69, 9.17) is 9.72 Å². The Morgan fingerprint density at radius 3 is 2.81 bits per heavy atom. The number of benzene rings is 2. The van der Waals surface area contributed by atoms with Crippen LogP contribution in [-0.4, -0.2) is 66.4 Å². The molecule has 0 radical (unpaired) electrons. The van der Waals surface area contributed by atoms with Crippen molar-refractivity contribution in [3.05, 3.63) is 72.8 Å². The third kappa shape index (κ3) is 5.31. The lowest BCUT2D eigenvalue weighted by Crippen LogP contribution is -2.52. The minimum absolute atomic E-state index is 0.0720. The number of carbonyl (C=O) groups excluding carboxylic acids is 1. The number of aromatic nitrogens is 6. The first-order valence-corrected chi connectivity index (χ1v) is 14.0. The van der Waals surface area contributed by atoms with Crippen LogP contribution in [0.2, 0.25) is 0 Å². The number of aryl methyl sites for hydroxylation is 1. The number of nitrogens with zero attached hydrogens (tertiary/aromatic N) is 8. The lowest BCUT2D eigenvalue weighted by atomic mass is 9.98. The van der Waals surface area contributed by atoms with Crippen LogP contribution in [0.15, 0.2) is 61.4 Å². The smallest absolute Gasteiger partial charge is 0.246 e. The number of hydrogen-bond acceptors (Lipinski definition) is 9. The van der Waals surface area contributed by atoms with Gasteiger partial charge in [0.1, 0.15) is 34.7 Å². The Labute approximate surface area is 248 Å². The quantitative estimate of drug-likeness (QED) is 0.256. The number of rotatable bonds is 7. The van der Waals surface area contributed by atoms with Crippen LogP contribution >= 0.6 is 0 Å². The number of likely N-dealkylation sites (tertiary alicyclic amines) is 1. The molecule has 4 heterocycles. The summed E-state index contributed by atoms with van der Waals surface area (Å²) in [5, 5.41) is 11.2. The summed E-state index contributed by atoms with van der Waals surface area (Å²) in [6.07, 6.45) is 4.58. The van der Waals surface area contributed by atoms with E-state index in [0.717, 1.165) is 18.4 Å². The highest BCUT2D eigenvalue weighted by molar-refractivity contribution is 5.89. The molecule has 1 aliphatic rings. The summed E-state index contributed by atoms with van der Waals surface area (Å²) in [6.45, 7) is 7.93. The van der Waals surface area contributed by atoms with Crippen LogP contribution in [0.3, 0.4) is 0 Å². The van der Waals surface area contributed by atoms with Crippen LogP contribution in [0.1, 0.15) is 25.3 Å². The Morgan fingerprint density at radius 2 is 2.00 bits per heavy atom. The molecule has 2 atom stereocenters. The van der Waals surface area contributed by atoms with Crippen molar-refractivity contribution in [3.8, 4) is 11.5 Å². The highest BCUT2D eigenvalue weighted by atomic mass is 19.1. The topological polar surface area (TPSA) is 114 Å². The van der Waals surface area contributed by atoms with Gasteiger partial charge in [-0.05, 0) is 69.2 Å². The van der Waals surface area contributed by atoms with Gasteiger partial charge in [0, 0.05) is 44.4 Å². The molecule has 0 bridgehead atoms. The number of pyridine rings is 1. The van der Waals surface area contributed by atoms with Gasteiger partial charge >= 0.3 is 0 Å². The molecule has 3 aromatic heterocycles. The molecular weight excluding hydrogens is 549 g/mol. The molecular formula is C31H32FN9O2. The predicted molar refractivity (Wildman–Crippen MR) is 163 cm³/mol. The summed E-state index contributed by atoms with van der Waals surface area (Å²) in [7, 11) is 3.78. The third-order valence-electron chi connectivity index (χ3n) is 8.09. The molecule has 6 rings (SSSR count). The number of fused-ring (bicyclic) bond motifs is 2. The average Bonchev–Trinajstić information content (AvgIpc) is 3.39. The van der Waals surface area contributed by atoms with Gasteiger partial charge in [0.2, 0.25) is 5.91 Å². The van der Waals surface area contributed by atoms with E-state index in [1.807, 2.05) is 37.2 Å². The number of ether oxygens (including phenoxy) is 1. The van der Waals surface area contributed by atoms with E-state index in [1.54, 1.807) is 35.9 Å². The molecule has 0 saturated carbocycles. The normalized spacial score (nSPS) is 16.8. The number of carbonyl (C=O) groups is 1. The fourth-order valence-corrected chi connectivity index (χ4v) is 5.45. The molecule has 5 aromatic rings. The highest BCUT2D eigenvalue weighted by Gasteiger charge is 2.30. The van der Waals surface area contributed by atoms with Gasteiger partial charge in [-0.25, -0.2) is 24.0 Å². The van der Waals surface area contributed by atoms with E-state index in [1.165, 1.54) is 12.4 Å². The predicted octanol–water partition coefficient (Wildman–Crippen LogP) is 5.29. The first kappa shape index (κ1) is 28.0. The molecule has 1 aliphatic heterocycles. The molecule has 1 saturated heterocycles. The Bertz CT molecular complexity index is 1860. The fourth-order valence-electron chi connectivity index (χ4n) is 5.45. The number of anilines is 3. The first-order chi connectivity index (χ1) is 20.7. The molecule has 1 N–H and O–H groups in total. The van der Waals surface area contributed by atoms with Crippen molar-refractivity contribution in [1.29, 1.82) is 0 Å². The average molecular weight is 582 g/mol. The van der Waals surface area contributed by atoms with Crippen LogP contribution in [0.25, 0.3) is 22.1 Å². The minimum atomic E-state index is -0.471. The molecule has 220 valence electrons. The lowest BCUT2D eigenvalue weighted by Gasteiger charge is -2.41. The van der Waals surface area contributed by atoms with E-state index in [0.29, 0.717) is 51.8 Å². The van der Waals surface area contributed by atoms with Crippen molar-refractivity contribution >= 4 is 45.3 Å². The van der Waals surface area contributed by atoms with Crippen LogP contribution in [0.4, 0.5) is 21.7 Å². The summed E-state index contributed by atoms with van der Waals surface area (Å²) in [5.41, 5.74) is 3.24. The minimum Gasteiger partial charge on any atom is -0.457 e. The van der Waals surface area contributed by atoms with Gasteiger partial charge in [-0.2, -0.15) is 0 Å². The molecule has 0 aliphatic carbocycles. The Kier molecular flexibility index (Phi) is 7.34. The van der Waals surface area contributed by atoms with Gasteiger partial charge in [-0.3, -0.25) is 4.79 Å². The lowest BCUT2D eigenvalue weighted by molar-refractivity contribution is -0.129. The Morgan fingerprint density at radius 1 is 1.16 bits per heavy atom. The van der Waals surface area contributed by atoms with Gasteiger partial charge in [-0.15, -0.1) is 5.10 Å². The summed E-state index contributed by atoms with van der Waals surface area (Å²) in [6, 6.07) is 12.7. The van der Waals surface area contributed by atoms with Crippen molar-refractivity contribution in [2.75, 3.05) is 23.8 Å². The Balaban J connectivity index is 1.25. The molecule has 1 fully saturated rings. The van der Waals surface area contributed by atoms with Crippen molar-refractivity contribution in [2.24, 2.45) is 7.05 Å². The Hall–Kier alpha value is -5.13. The standard InChI is InChI=1S/C31H32FN9O2/c1-6-28(42)41-16-20(8-7-18(41)2)39(4)27-14-11-23-30(36-27)31(34-17-33-23)35-22-10-13-26(19(3)29(22)32)43-21-9-12-25-24(15-21)37-38-40(25)5/h6,9-15,17-18,20H,1,7-8,16H2,2-5H3,(H,33,34,35). The van der Waals surface area contributed by atoms with Crippen LogP contribution in [0.5, 0.6) is 11.5 Å². The second kappa shape index (κ2) is 11.3. The second-order valence-corrected chi connectivity index (χ2v) is 10.8. The largest absolute Gasteiger partial charge is 0.457 e.